The van der Waals surface area contributed by atoms with Gasteiger partial charge in [0.15, 0.2) is 0 Å². The van der Waals surface area contributed by atoms with Crippen molar-refractivity contribution in [1.82, 2.24) is 9.97 Å². The lowest BCUT2D eigenvalue weighted by molar-refractivity contribution is 0.102. The number of halogens is 2. The smallest absolute Gasteiger partial charge is 0.274 e. The number of para-hydroxylation sites is 1. The lowest BCUT2D eigenvalue weighted by Gasteiger charge is -2.08. The first-order valence-electron chi connectivity index (χ1n) is 7.02. The molecule has 0 atom stereocenters. The van der Waals surface area contributed by atoms with Crippen molar-refractivity contribution in [3.63, 3.8) is 0 Å². The van der Waals surface area contributed by atoms with Gasteiger partial charge in [-0.25, -0.2) is 18.7 Å². The van der Waals surface area contributed by atoms with Gasteiger partial charge in [0.05, 0.1) is 5.69 Å². The second kappa shape index (κ2) is 6.82. The second-order valence-electron chi connectivity index (χ2n) is 4.86. The number of hydrogen-bond acceptors (Lipinski definition) is 4. The lowest BCUT2D eigenvalue weighted by atomic mass is 10.2. The van der Waals surface area contributed by atoms with Crippen LogP contribution in [0.25, 0.3) is 0 Å². The molecule has 7 heteroatoms. The average molecular weight is 326 g/mol. The molecule has 3 aromatic rings. The van der Waals surface area contributed by atoms with Gasteiger partial charge in [-0.05, 0) is 24.3 Å². The Morgan fingerprint density at radius 1 is 0.958 bits per heavy atom. The number of anilines is 3. The molecular weight excluding hydrogens is 314 g/mol. The summed E-state index contributed by atoms with van der Waals surface area (Å²) >= 11 is 0. The number of rotatable bonds is 4. The molecule has 0 radical (unpaired) electrons. The van der Waals surface area contributed by atoms with Gasteiger partial charge in [0.2, 0.25) is 0 Å². The normalized spacial score (nSPS) is 10.2. The molecule has 0 unspecified atom stereocenters. The van der Waals surface area contributed by atoms with Crippen LogP contribution >= 0.6 is 0 Å². The Hall–Kier alpha value is -3.35. The molecule has 0 saturated heterocycles. The summed E-state index contributed by atoms with van der Waals surface area (Å²) in [6.07, 6.45) is 1.22. The van der Waals surface area contributed by atoms with E-state index < -0.39 is 17.5 Å². The minimum absolute atomic E-state index is 0.0483. The molecule has 0 aliphatic rings. The quantitative estimate of drug-likeness (QED) is 0.766. The fourth-order valence-electron chi connectivity index (χ4n) is 2.00. The van der Waals surface area contributed by atoms with Crippen LogP contribution in [0.3, 0.4) is 0 Å². The van der Waals surface area contributed by atoms with Crippen LogP contribution in [0.4, 0.5) is 26.0 Å². The Morgan fingerprint density at radius 3 is 2.50 bits per heavy atom. The summed E-state index contributed by atoms with van der Waals surface area (Å²) < 4.78 is 26.5. The summed E-state index contributed by atoms with van der Waals surface area (Å²) in [5.74, 6) is -1.79. The fourth-order valence-corrected chi connectivity index (χ4v) is 2.00. The van der Waals surface area contributed by atoms with Crippen LogP contribution in [0.1, 0.15) is 10.5 Å². The Morgan fingerprint density at radius 2 is 1.75 bits per heavy atom. The number of amides is 1. The van der Waals surface area contributed by atoms with E-state index in [1.54, 1.807) is 0 Å². The fraction of sp³-hybridized carbons (Fsp3) is 0. The first-order valence-corrected chi connectivity index (χ1v) is 7.02. The molecule has 1 heterocycles. The first kappa shape index (κ1) is 15.5. The van der Waals surface area contributed by atoms with Gasteiger partial charge in [-0.1, -0.05) is 18.2 Å². The van der Waals surface area contributed by atoms with Crippen LogP contribution in [0.2, 0.25) is 0 Å². The van der Waals surface area contributed by atoms with Crippen molar-refractivity contribution >= 4 is 23.1 Å². The van der Waals surface area contributed by atoms with E-state index in [2.05, 4.69) is 20.6 Å². The predicted octanol–water partition coefficient (Wildman–Crippen LogP) is 3.75. The van der Waals surface area contributed by atoms with Gasteiger partial charge in [0.1, 0.15) is 29.5 Å². The number of nitrogens with zero attached hydrogens (tertiary/aromatic N) is 2. The molecule has 0 aliphatic heterocycles. The van der Waals surface area contributed by atoms with Gasteiger partial charge in [0.25, 0.3) is 5.91 Å². The molecule has 0 saturated carbocycles. The van der Waals surface area contributed by atoms with Crippen molar-refractivity contribution in [2.75, 3.05) is 10.6 Å². The van der Waals surface area contributed by atoms with Crippen LogP contribution in [0, 0.1) is 11.6 Å². The second-order valence-corrected chi connectivity index (χ2v) is 4.86. The van der Waals surface area contributed by atoms with E-state index in [0.717, 1.165) is 17.8 Å². The predicted molar refractivity (Wildman–Crippen MR) is 86.1 cm³/mol. The van der Waals surface area contributed by atoms with Crippen molar-refractivity contribution in [1.29, 1.82) is 0 Å². The molecular formula is C17H12F2N4O. The van der Waals surface area contributed by atoms with E-state index in [-0.39, 0.29) is 11.4 Å². The van der Waals surface area contributed by atoms with E-state index >= 15 is 0 Å². The molecule has 0 fully saturated rings. The summed E-state index contributed by atoms with van der Waals surface area (Å²) in [4.78, 5) is 20.1. The number of benzene rings is 2. The van der Waals surface area contributed by atoms with Crippen molar-refractivity contribution in [3.8, 4) is 0 Å². The Kier molecular flexibility index (Phi) is 4.42. The zero-order valence-corrected chi connectivity index (χ0v) is 12.3. The molecule has 0 spiro atoms. The molecule has 2 aromatic carbocycles. The highest BCUT2D eigenvalue weighted by Crippen LogP contribution is 2.17. The van der Waals surface area contributed by atoms with E-state index in [1.165, 1.54) is 12.4 Å². The van der Waals surface area contributed by atoms with Crippen molar-refractivity contribution in [2.24, 2.45) is 0 Å². The topological polar surface area (TPSA) is 66.9 Å². The summed E-state index contributed by atoms with van der Waals surface area (Å²) in [5.41, 5.74) is 0.719. The van der Waals surface area contributed by atoms with Crippen molar-refractivity contribution in [3.05, 3.63) is 78.3 Å². The molecule has 1 aromatic heterocycles. The Bertz CT molecular complexity index is 871. The van der Waals surface area contributed by atoms with Gasteiger partial charge in [0, 0.05) is 17.8 Å². The maximum atomic E-state index is 13.6. The zero-order valence-electron chi connectivity index (χ0n) is 12.3. The zero-order chi connectivity index (χ0) is 16.9. The van der Waals surface area contributed by atoms with Crippen LogP contribution in [0.15, 0.2) is 60.9 Å². The molecule has 3 rings (SSSR count). The van der Waals surface area contributed by atoms with Gasteiger partial charge < -0.3 is 10.6 Å². The number of aromatic nitrogens is 2. The molecule has 2 N–H and O–H groups in total. The SMILES string of the molecule is O=C(Nc1ccc(F)cc1F)c1cc(Nc2ccccc2)ncn1. The molecule has 0 aliphatic carbocycles. The van der Waals surface area contributed by atoms with Gasteiger partial charge in [-0.3, -0.25) is 4.79 Å². The summed E-state index contributed by atoms with van der Waals surface area (Å²) in [6, 6.07) is 13.6. The summed E-state index contributed by atoms with van der Waals surface area (Å²) in [7, 11) is 0. The number of hydrogen-bond donors (Lipinski definition) is 2. The minimum atomic E-state index is -0.861. The highest BCUT2D eigenvalue weighted by molar-refractivity contribution is 6.03. The third-order valence-corrected chi connectivity index (χ3v) is 3.13. The monoisotopic (exact) mass is 326 g/mol. The largest absolute Gasteiger partial charge is 0.340 e. The molecule has 24 heavy (non-hydrogen) atoms. The van der Waals surface area contributed by atoms with Crippen molar-refractivity contribution in [2.45, 2.75) is 0 Å². The Labute approximate surface area is 136 Å². The molecule has 5 nitrogen and oxygen atoms in total. The third-order valence-electron chi connectivity index (χ3n) is 3.13. The van der Waals surface area contributed by atoms with E-state index in [1.807, 2.05) is 30.3 Å². The number of carbonyl (C=O) groups is 1. The molecule has 0 bridgehead atoms. The number of carbonyl (C=O) groups excluding carboxylic acids is 1. The summed E-state index contributed by atoms with van der Waals surface area (Å²) in [5, 5.41) is 5.37. The van der Waals surface area contributed by atoms with Gasteiger partial charge in [-0.2, -0.15) is 0 Å². The minimum Gasteiger partial charge on any atom is -0.340 e. The highest BCUT2D eigenvalue weighted by atomic mass is 19.1. The maximum Gasteiger partial charge on any atom is 0.274 e. The van der Waals surface area contributed by atoms with Crippen LogP contribution in [-0.4, -0.2) is 15.9 Å². The molecule has 1 amide bonds. The van der Waals surface area contributed by atoms with Gasteiger partial charge >= 0.3 is 0 Å². The maximum absolute atomic E-state index is 13.6. The first-order chi connectivity index (χ1) is 11.6. The third kappa shape index (κ3) is 3.70. The Balaban J connectivity index is 1.77. The highest BCUT2D eigenvalue weighted by Gasteiger charge is 2.12. The van der Waals surface area contributed by atoms with E-state index in [4.69, 9.17) is 0 Å². The lowest BCUT2D eigenvalue weighted by Crippen LogP contribution is -2.15. The van der Waals surface area contributed by atoms with Crippen LogP contribution < -0.4 is 10.6 Å². The van der Waals surface area contributed by atoms with E-state index in [0.29, 0.717) is 11.9 Å². The van der Waals surface area contributed by atoms with E-state index in [9.17, 15) is 13.6 Å². The van der Waals surface area contributed by atoms with Crippen LogP contribution in [0.5, 0.6) is 0 Å². The van der Waals surface area contributed by atoms with Gasteiger partial charge in [-0.15, -0.1) is 0 Å². The average Bonchev–Trinajstić information content (AvgIpc) is 2.58. The standard InChI is InChI=1S/C17H12F2N4O/c18-11-6-7-14(13(19)8-11)23-17(24)15-9-16(21-10-20-15)22-12-4-2-1-3-5-12/h1-10H,(H,23,24)(H,20,21,22). The van der Waals surface area contributed by atoms with Crippen molar-refractivity contribution < 1.29 is 13.6 Å². The summed E-state index contributed by atoms with van der Waals surface area (Å²) in [6.45, 7) is 0. The van der Waals surface area contributed by atoms with Crippen LogP contribution in [-0.2, 0) is 0 Å². The number of nitrogens with one attached hydrogen (secondary N) is 2. The molecule has 120 valence electrons.